The molecule has 1 saturated heterocycles. The summed E-state index contributed by atoms with van der Waals surface area (Å²) in [6.45, 7) is -0.627. The maximum absolute atomic E-state index is 12.3. The molecular weight excluding hydrogens is 469 g/mol. The Morgan fingerprint density at radius 1 is 1.03 bits per heavy atom. The first-order valence-corrected chi connectivity index (χ1v) is 10.2. The summed E-state index contributed by atoms with van der Waals surface area (Å²) in [6, 6.07) is 10.9. The van der Waals surface area contributed by atoms with E-state index in [1.54, 1.807) is 24.3 Å². The van der Waals surface area contributed by atoms with Gasteiger partial charge >= 0.3 is 5.97 Å². The third-order valence-corrected chi connectivity index (χ3v) is 5.43. The van der Waals surface area contributed by atoms with Crippen molar-refractivity contribution in [1.82, 2.24) is 10.4 Å². The first kappa shape index (κ1) is 22.9. The van der Waals surface area contributed by atoms with Crippen LogP contribution in [0.1, 0.15) is 16.8 Å². The van der Waals surface area contributed by atoms with Crippen molar-refractivity contribution in [2.75, 3.05) is 18.5 Å². The molecule has 1 aliphatic heterocycles. The topological polar surface area (TPSA) is 105 Å². The maximum atomic E-state index is 12.3. The average molecular weight is 485 g/mol. The largest absolute Gasteiger partial charge is 0.455 e. The summed E-state index contributed by atoms with van der Waals surface area (Å²) in [5.41, 5.74) is 3.01. The first-order chi connectivity index (χ1) is 14.7. The minimum Gasteiger partial charge on any atom is -0.455 e. The normalized spacial score (nSPS) is 15.5. The zero-order valence-corrected chi connectivity index (χ0v) is 18.1. The van der Waals surface area contributed by atoms with Crippen LogP contribution in [0, 0.1) is 5.92 Å². The summed E-state index contributed by atoms with van der Waals surface area (Å²) in [5.74, 6) is -3.17. The van der Waals surface area contributed by atoms with Gasteiger partial charge in [-0.25, -0.2) is 0 Å². The van der Waals surface area contributed by atoms with Gasteiger partial charge in [0.25, 0.3) is 11.8 Å². The zero-order valence-electron chi connectivity index (χ0n) is 15.9. The molecule has 0 unspecified atom stereocenters. The third kappa shape index (κ3) is 5.88. The number of amides is 3. The van der Waals surface area contributed by atoms with Crippen LogP contribution in [0.3, 0.4) is 0 Å². The molecule has 3 rings (SSSR count). The summed E-state index contributed by atoms with van der Waals surface area (Å²) in [7, 11) is 0. The van der Waals surface area contributed by atoms with Gasteiger partial charge in [0.1, 0.15) is 0 Å². The maximum Gasteiger partial charge on any atom is 0.311 e. The second kappa shape index (κ2) is 10.00. The van der Waals surface area contributed by atoms with E-state index in [0.717, 1.165) is 5.01 Å². The van der Waals surface area contributed by atoms with Crippen LogP contribution in [-0.2, 0) is 19.1 Å². The predicted octanol–water partition coefficient (Wildman–Crippen LogP) is 3.32. The monoisotopic (exact) mass is 483 g/mol. The number of hydrogen-bond acceptors (Lipinski definition) is 5. The fourth-order valence-corrected chi connectivity index (χ4v) is 3.35. The zero-order chi connectivity index (χ0) is 22.5. The van der Waals surface area contributed by atoms with Crippen LogP contribution in [-0.4, -0.2) is 41.9 Å². The highest BCUT2D eigenvalue weighted by Gasteiger charge is 2.37. The Morgan fingerprint density at radius 2 is 1.77 bits per heavy atom. The van der Waals surface area contributed by atoms with Gasteiger partial charge in [0.15, 0.2) is 6.61 Å². The molecule has 0 spiro atoms. The molecule has 1 fully saturated rings. The molecule has 31 heavy (non-hydrogen) atoms. The van der Waals surface area contributed by atoms with Gasteiger partial charge in [-0.1, -0.05) is 46.9 Å². The number of hydrazine groups is 1. The third-order valence-electron chi connectivity index (χ3n) is 4.36. The van der Waals surface area contributed by atoms with Crippen LogP contribution in [0.25, 0.3) is 0 Å². The highest BCUT2D eigenvalue weighted by atomic mass is 35.5. The number of esters is 1. The second-order valence-corrected chi connectivity index (χ2v) is 7.83. The van der Waals surface area contributed by atoms with E-state index >= 15 is 0 Å². The number of nitrogens with zero attached hydrogens (tertiary/aromatic N) is 1. The van der Waals surface area contributed by atoms with Crippen molar-refractivity contribution in [2.24, 2.45) is 5.92 Å². The minimum absolute atomic E-state index is 0.0811. The Balaban J connectivity index is 1.49. The minimum atomic E-state index is -0.822. The van der Waals surface area contributed by atoms with Gasteiger partial charge in [-0.2, -0.15) is 0 Å². The number of ether oxygens (including phenoxy) is 1. The highest BCUT2D eigenvalue weighted by molar-refractivity contribution is 6.42. The van der Waals surface area contributed by atoms with Gasteiger partial charge in [-0.05, 0) is 30.3 Å². The molecule has 1 atom stereocenters. The summed E-state index contributed by atoms with van der Waals surface area (Å²) in [6.07, 6.45) is -0.157. The summed E-state index contributed by atoms with van der Waals surface area (Å²) < 4.78 is 5.00. The predicted molar refractivity (Wildman–Crippen MR) is 115 cm³/mol. The number of nitrogens with one attached hydrogen (secondary N) is 2. The first-order valence-electron chi connectivity index (χ1n) is 9.02. The molecule has 3 amide bonds. The number of carbonyl (C=O) groups excluding carboxylic acids is 4. The van der Waals surface area contributed by atoms with E-state index in [-0.39, 0.29) is 28.6 Å². The molecular formula is C20H16Cl3N3O5. The Kier molecular flexibility index (Phi) is 7.37. The van der Waals surface area contributed by atoms with E-state index in [2.05, 4.69) is 10.7 Å². The molecule has 1 aliphatic rings. The fraction of sp³-hybridized carbons (Fsp3) is 0.200. The van der Waals surface area contributed by atoms with E-state index in [1.807, 2.05) is 0 Å². The van der Waals surface area contributed by atoms with E-state index in [9.17, 15) is 19.2 Å². The molecule has 162 valence electrons. The fourth-order valence-electron chi connectivity index (χ4n) is 2.83. The van der Waals surface area contributed by atoms with Crippen LogP contribution in [0.4, 0.5) is 5.69 Å². The molecule has 2 N–H and O–H groups in total. The quantitative estimate of drug-likeness (QED) is 0.612. The van der Waals surface area contributed by atoms with E-state index in [1.165, 1.54) is 18.2 Å². The van der Waals surface area contributed by atoms with Crippen molar-refractivity contribution in [1.29, 1.82) is 0 Å². The number of hydrogen-bond donors (Lipinski definition) is 2. The lowest BCUT2D eigenvalue weighted by Crippen LogP contribution is -2.43. The van der Waals surface area contributed by atoms with Gasteiger partial charge in [0.05, 0.1) is 33.1 Å². The number of carbonyl (C=O) groups is 4. The number of rotatable bonds is 6. The van der Waals surface area contributed by atoms with Crippen LogP contribution in [0.15, 0.2) is 42.5 Å². The van der Waals surface area contributed by atoms with Crippen molar-refractivity contribution >= 4 is 64.2 Å². The Bertz CT molecular complexity index is 1050. The standard InChI is InChI=1S/C20H16Cl3N3O5/c21-14-4-2-1-3-13(14)19(29)25-26-9-11(7-18(26)28)20(30)31-10-17(27)24-12-5-6-15(22)16(23)8-12/h1-6,8,11H,7,9-10H2,(H,24,27)(H,25,29)/t11-/m0/s1. The number of halogens is 3. The van der Waals surface area contributed by atoms with Gasteiger partial charge in [0, 0.05) is 12.1 Å². The lowest BCUT2D eigenvalue weighted by Gasteiger charge is -2.18. The molecule has 2 aromatic carbocycles. The molecule has 8 nitrogen and oxygen atoms in total. The van der Waals surface area contributed by atoms with Crippen LogP contribution in [0.5, 0.6) is 0 Å². The molecule has 0 saturated carbocycles. The van der Waals surface area contributed by atoms with Gasteiger partial charge in [0.2, 0.25) is 5.91 Å². The van der Waals surface area contributed by atoms with E-state index in [4.69, 9.17) is 39.5 Å². The van der Waals surface area contributed by atoms with Gasteiger partial charge in [-0.3, -0.25) is 29.6 Å². The smallest absolute Gasteiger partial charge is 0.311 e. The summed E-state index contributed by atoms with van der Waals surface area (Å²) in [4.78, 5) is 48.7. The summed E-state index contributed by atoms with van der Waals surface area (Å²) in [5, 5.41) is 4.38. The summed E-state index contributed by atoms with van der Waals surface area (Å²) >= 11 is 17.7. The average Bonchev–Trinajstić information content (AvgIpc) is 3.09. The van der Waals surface area contributed by atoms with Crippen molar-refractivity contribution in [2.45, 2.75) is 6.42 Å². The van der Waals surface area contributed by atoms with Crippen LogP contribution in [0.2, 0.25) is 15.1 Å². The van der Waals surface area contributed by atoms with Gasteiger partial charge in [-0.15, -0.1) is 0 Å². The van der Waals surface area contributed by atoms with Crippen LogP contribution >= 0.6 is 34.8 Å². The van der Waals surface area contributed by atoms with Crippen LogP contribution < -0.4 is 10.7 Å². The molecule has 1 heterocycles. The number of anilines is 1. The SMILES string of the molecule is O=C(COC(=O)[C@H]1CC(=O)N(NC(=O)c2ccccc2Cl)C1)Nc1ccc(Cl)c(Cl)c1. The van der Waals surface area contributed by atoms with Crippen molar-refractivity contribution in [3.63, 3.8) is 0 Å². The lowest BCUT2D eigenvalue weighted by atomic mass is 10.1. The molecule has 0 radical (unpaired) electrons. The van der Waals surface area contributed by atoms with Gasteiger partial charge < -0.3 is 10.1 Å². The second-order valence-electron chi connectivity index (χ2n) is 6.61. The molecule has 0 bridgehead atoms. The highest BCUT2D eigenvalue weighted by Crippen LogP contribution is 2.25. The molecule has 2 aromatic rings. The Hall–Kier alpha value is -2.81. The number of benzene rings is 2. The molecule has 0 aromatic heterocycles. The van der Waals surface area contributed by atoms with Crippen molar-refractivity contribution in [3.05, 3.63) is 63.1 Å². The Labute approximate surface area is 192 Å². The van der Waals surface area contributed by atoms with E-state index < -0.39 is 36.2 Å². The van der Waals surface area contributed by atoms with E-state index in [0.29, 0.717) is 10.7 Å². The Morgan fingerprint density at radius 3 is 2.48 bits per heavy atom. The molecule has 11 heteroatoms. The lowest BCUT2D eigenvalue weighted by molar-refractivity contribution is -0.151. The van der Waals surface area contributed by atoms with Crippen molar-refractivity contribution in [3.8, 4) is 0 Å². The van der Waals surface area contributed by atoms with Crippen molar-refractivity contribution < 1.29 is 23.9 Å². The molecule has 0 aliphatic carbocycles.